The molecular formula is C20H26N4O2S. The first kappa shape index (κ1) is 18.1. The lowest BCUT2D eigenvalue weighted by Gasteiger charge is -2.40. The van der Waals surface area contributed by atoms with Crippen molar-refractivity contribution in [2.45, 2.75) is 32.2 Å². The topological polar surface area (TPSA) is 69.9 Å². The summed E-state index contributed by atoms with van der Waals surface area (Å²) in [6, 6.07) is 8.09. The Bertz CT molecular complexity index is 772. The predicted molar refractivity (Wildman–Crippen MR) is 107 cm³/mol. The zero-order valence-electron chi connectivity index (χ0n) is 15.4. The molecule has 0 aliphatic carbocycles. The molecule has 2 aromatic heterocycles. The smallest absolute Gasteiger partial charge is 0.220 e. The number of likely N-dealkylation sites (tertiary alicyclic amines) is 1. The van der Waals surface area contributed by atoms with Crippen LogP contribution in [0.25, 0.3) is 0 Å². The summed E-state index contributed by atoms with van der Waals surface area (Å²) >= 11 is 1.73. The van der Waals surface area contributed by atoms with E-state index in [1.165, 1.54) is 4.88 Å². The average Bonchev–Trinajstić information content (AvgIpc) is 3.42. The highest BCUT2D eigenvalue weighted by Crippen LogP contribution is 2.36. The number of hydrogen-bond donors (Lipinski definition) is 2. The van der Waals surface area contributed by atoms with Crippen LogP contribution in [0.1, 0.15) is 29.9 Å². The zero-order chi connectivity index (χ0) is 18.5. The van der Waals surface area contributed by atoms with E-state index in [2.05, 4.69) is 33.0 Å². The molecule has 144 valence electrons. The Kier molecular flexibility index (Phi) is 5.48. The van der Waals surface area contributed by atoms with E-state index in [4.69, 9.17) is 9.41 Å². The van der Waals surface area contributed by atoms with Crippen molar-refractivity contribution in [2.75, 3.05) is 26.2 Å². The number of hydrogen-bond acceptors (Lipinski definition) is 4. The van der Waals surface area contributed by atoms with Gasteiger partial charge < -0.3 is 20.0 Å². The van der Waals surface area contributed by atoms with Crippen molar-refractivity contribution in [2.24, 2.45) is 10.4 Å². The summed E-state index contributed by atoms with van der Waals surface area (Å²) in [4.78, 5) is 20.3. The maximum atomic E-state index is 11.8. The molecule has 1 atom stereocenters. The molecule has 2 fully saturated rings. The summed E-state index contributed by atoms with van der Waals surface area (Å²) in [6.07, 6.45) is 5.36. The lowest BCUT2D eigenvalue weighted by atomic mass is 9.79. The minimum atomic E-state index is 0.0573. The molecule has 2 N–H and O–H groups in total. The summed E-state index contributed by atoms with van der Waals surface area (Å²) in [5, 5.41) is 8.63. The maximum Gasteiger partial charge on any atom is 0.220 e. The fraction of sp³-hybridized carbons (Fsp3) is 0.500. The van der Waals surface area contributed by atoms with E-state index in [0.29, 0.717) is 13.0 Å². The van der Waals surface area contributed by atoms with Gasteiger partial charge in [0.25, 0.3) is 0 Å². The van der Waals surface area contributed by atoms with Crippen LogP contribution in [-0.4, -0.2) is 42.9 Å². The van der Waals surface area contributed by atoms with Gasteiger partial charge in [-0.2, -0.15) is 0 Å². The minimum Gasteiger partial charge on any atom is -0.469 e. The van der Waals surface area contributed by atoms with Gasteiger partial charge in [0.05, 0.1) is 12.8 Å². The van der Waals surface area contributed by atoms with Crippen LogP contribution in [0.4, 0.5) is 0 Å². The molecule has 7 heteroatoms. The first-order chi connectivity index (χ1) is 13.2. The Morgan fingerprint density at radius 3 is 3.11 bits per heavy atom. The number of nitrogens with zero attached hydrogens (tertiary/aromatic N) is 2. The SMILES string of the molecule is O=C1CC2(CCCN(C(=NCc3cccs3)NCCc3ccco3)C2)CN1. The summed E-state index contributed by atoms with van der Waals surface area (Å²) in [6.45, 7) is 4.10. The van der Waals surface area contributed by atoms with E-state index in [1.807, 2.05) is 12.1 Å². The highest BCUT2D eigenvalue weighted by molar-refractivity contribution is 7.09. The van der Waals surface area contributed by atoms with E-state index in [1.54, 1.807) is 17.6 Å². The molecule has 0 saturated carbocycles. The minimum absolute atomic E-state index is 0.0573. The molecule has 2 saturated heterocycles. The first-order valence-electron chi connectivity index (χ1n) is 9.57. The fourth-order valence-corrected chi connectivity index (χ4v) is 4.63. The molecule has 1 spiro atoms. The average molecular weight is 387 g/mol. The highest BCUT2D eigenvalue weighted by atomic mass is 32.1. The van der Waals surface area contributed by atoms with Crippen molar-refractivity contribution in [1.82, 2.24) is 15.5 Å². The third-order valence-electron chi connectivity index (χ3n) is 5.36. The van der Waals surface area contributed by atoms with Crippen molar-refractivity contribution >= 4 is 23.2 Å². The van der Waals surface area contributed by atoms with Gasteiger partial charge in [-0.25, -0.2) is 4.99 Å². The number of thiophene rings is 1. The molecule has 4 heterocycles. The molecule has 2 aliphatic rings. The molecule has 4 rings (SSSR count). The van der Waals surface area contributed by atoms with Gasteiger partial charge >= 0.3 is 0 Å². The standard InChI is InChI=1S/C20H26N4O2S/c25-18-12-20(14-23-18)7-3-9-24(15-20)19(22-13-17-5-2-11-27-17)21-8-6-16-4-1-10-26-16/h1-2,4-5,10-11H,3,6-9,12-15H2,(H,21,22)(H,23,25). The van der Waals surface area contributed by atoms with Gasteiger partial charge in [-0.15, -0.1) is 11.3 Å². The molecule has 1 unspecified atom stereocenters. The Morgan fingerprint density at radius 1 is 1.41 bits per heavy atom. The molecular weight excluding hydrogens is 360 g/mol. The highest BCUT2D eigenvalue weighted by Gasteiger charge is 2.42. The van der Waals surface area contributed by atoms with Crippen molar-refractivity contribution in [3.8, 4) is 0 Å². The quantitative estimate of drug-likeness (QED) is 0.612. The summed E-state index contributed by atoms with van der Waals surface area (Å²) in [5.41, 5.74) is 0.0573. The van der Waals surface area contributed by atoms with Crippen LogP contribution in [0.15, 0.2) is 45.3 Å². The summed E-state index contributed by atoms with van der Waals surface area (Å²) < 4.78 is 5.43. The van der Waals surface area contributed by atoms with Gasteiger partial charge in [-0.1, -0.05) is 6.07 Å². The first-order valence-corrected chi connectivity index (χ1v) is 10.5. The fourth-order valence-electron chi connectivity index (χ4n) is 4.00. The van der Waals surface area contributed by atoms with Gasteiger partial charge in [-0.3, -0.25) is 4.79 Å². The number of guanidine groups is 1. The van der Waals surface area contributed by atoms with Crippen molar-refractivity contribution in [1.29, 1.82) is 0 Å². The monoisotopic (exact) mass is 386 g/mol. The predicted octanol–water partition coefficient (Wildman–Crippen LogP) is 2.63. The number of nitrogens with one attached hydrogen (secondary N) is 2. The third-order valence-corrected chi connectivity index (χ3v) is 6.22. The number of carbonyl (C=O) groups is 1. The molecule has 0 aromatic carbocycles. The number of aliphatic imine (C=N–C) groups is 1. The zero-order valence-corrected chi connectivity index (χ0v) is 16.3. The van der Waals surface area contributed by atoms with Crippen molar-refractivity contribution in [3.63, 3.8) is 0 Å². The van der Waals surface area contributed by atoms with Crippen LogP contribution in [0, 0.1) is 5.41 Å². The second-order valence-corrected chi connectivity index (χ2v) is 8.49. The summed E-state index contributed by atoms with van der Waals surface area (Å²) in [5.74, 6) is 2.09. The molecule has 0 radical (unpaired) electrons. The van der Waals surface area contributed by atoms with Gasteiger partial charge in [0, 0.05) is 49.3 Å². The lowest BCUT2D eigenvalue weighted by Crippen LogP contribution is -2.51. The largest absolute Gasteiger partial charge is 0.469 e. The second-order valence-electron chi connectivity index (χ2n) is 7.45. The van der Waals surface area contributed by atoms with Crippen LogP contribution >= 0.6 is 11.3 Å². The van der Waals surface area contributed by atoms with Gasteiger partial charge in [0.15, 0.2) is 5.96 Å². The van der Waals surface area contributed by atoms with Crippen LogP contribution in [0.5, 0.6) is 0 Å². The molecule has 27 heavy (non-hydrogen) atoms. The van der Waals surface area contributed by atoms with Crippen molar-refractivity contribution < 1.29 is 9.21 Å². The maximum absolute atomic E-state index is 11.8. The van der Waals surface area contributed by atoms with E-state index in [0.717, 1.165) is 57.2 Å². The Labute approximate surface area is 163 Å². The lowest BCUT2D eigenvalue weighted by molar-refractivity contribution is -0.119. The number of carbonyl (C=O) groups excluding carboxylic acids is 1. The van der Waals surface area contributed by atoms with Crippen LogP contribution in [-0.2, 0) is 17.8 Å². The van der Waals surface area contributed by atoms with Gasteiger partial charge in [0.2, 0.25) is 5.91 Å². The van der Waals surface area contributed by atoms with Crippen molar-refractivity contribution in [3.05, 3.63) is 46.5 Å². The molecule has 2 aliphatic heterocycles. The number of piperidine rings is 1. The Hall–Kier alpha value is -2.28. The van der Waals surface area contributed by atoms with Gasteiger partial charge in [-0.05, 0) is 36.4 Å². The number of furan rings is 1. The molecule has 2 aromatic rings. The summed E-state index contributed by atoms with van der Waals surface area (Å²) in [7, 11) is 0. The molecule has 1 amide bonds. The number of rotatable bonds is 5. The second kappa shape index (κ2) is 8.17. The van der Waals surface area contributed by atoms with Gasteiger partial charge in [0.1, 0.15) is 5.76 Å². The van der Waals surface area contributed by atoms with Crippen LogP contribution in [0.3, 0.4) is 0 Å². The van der Waals surface area contributed by atoms with E-state index in [-0.39, 0.29) is 11.3 Å². The van der Waals surface area contributed by atoms with Crippen LogP contribution in [0.2, 0.25) is 0 Å². The normalized spacial score (nSPS) is 23.0. The molecule has 6 nitrogen and oxygen atoms in total. The Balaban J connectivity index is 1.44. The van der Waals surface area contributed by atoms with E-state index < -0.39 is 0 Å². The van der Waals surface area contributed by atoms with E-state index >= 15 is 0 Å². The Morgan fingerprint density at radius 2 is 2.37 bits per heavy atom. The van der Waals surface area contributed by atoms with E-state index in [9.17, 15) is 4.79 Å². The third kappa shape index (κ3) is 4.53. The van der Waals surface area contributed by atoms with Crippen LogP contribution < -0.4 is 10.6 Å². The molecule has 0 bridgehead atoms. The number of amides is 1.